The van der Waals surface area contributed by atoms with E-state index in [4.69, 9.17) is 18.9 Å². The van der Waals surface area contributed by atoms with Crippen LogP contribution >= 0.6 is 0 Å². The molecule has 0 amide bonds. The molecule has 3 N–H and O–H groups in total. The Hall–Kier alpha value is -3.52. The summed E-state index contributed by atoms with van der Waals surface area (Å²) < 4.78 is 0. The molecule has 2 heteroatoms. The highest BCUT2D eigenvalue weighted by Gasteiger charge is 2.62. The number of rotatable bonds is 8. The molecule has 1 aromatic rings. The minimum Gasteiger partial charge on any atom is -0.399 e. The predicted molar refractivity (Wildman–Crippen MR) is 202 cm³/mol. The van der Waals surface area contributed by atoms with E-state index in [-0.39, 0.29) is 21.7 Å². The summed E-state index contributed by atoms with van der Waals surface area (Å²) in [6.45, 7) is 48.7. The first-order valence-corrected chi connectivity index (χ1v) is 17.1. The quantitative estimate of drug-likeness (QED) is 0.285. The first-order chi connectivity index (χ1) is 21.3. The normalized spacial score (nSPS) is 28.2. The minimum atomic E-state index is -0.266. The highest BCUT2D eigenvalue weighted by molar-refractivity contribution is 5.87. The number of hydrogen-bond donors (Lipinski definition) is 2. The molecule has 0 bridgehead atoms. The van der Waals surface area contributed by atoms with E-state index in [2.05, 4.69) is 106 Å². The second-order valence-electron chi connectivity index (χ2n) is 16.0. The van der Waals surface area contributed by atoms with Gasteiger partial charge in [0.2, 0.25) is 0 Å². The Kier molecular flexibility index (Phi) is 9.16. The average molecular weight is 617 g/mol. The van der Waals surface area contributed by atoms with E-state index < -0.39 is 0 Å². The summed E-state index contributed by atoms with van der Waals surface area (Å²) in [7, 11) is 0. The van der Waals surface area contributed by atoms with Gasteiger partial charge in [-0.2, -0.15) is 0 Å². The van der Waals surface area contributed by atoms with Gasteiger partial charge >= 0.3 is 0 Å². The predicted octanol–water partition coefficient (Wildman–Crippen LogP) is 11.3. The van der Waals surface area contributed by atoms with E-state index in [1.807, 2.05) is 25.2 Å². The third-order valence-corrected chi connectivity index (χ3v) is 12.2. The summed E-state index contributed by atoms with van der Waals surface area (Å²) in [6, 6.07) is 2.45. The molecule has 0 saturated carbocycles. The number of hydrogen-bond acceptors (Lipinski definition) is 2. The first-order valence-electron chi connectivity index (χ1n) is 17.1. The van der Waals surface area contributed by atoms with Gasteiger partial charge in [-0.25, -0.2) is 0 Å². The van der Waals surface area contributed by atoms with Gasteiger partial charge in [-0.3, -0.25) is 0 Å². The van der Waals surface area contributed by atoms with Crippen molar-refractivity contribution in [3.05, 3.63) is 136 Å². The van der Waals surface area contributed by atoms with Crippen LogP contribution in [0.3, 0.4) is 0 Å². The van der Waals surface area contributed by atoms with Crippen molar-refractivity contribution < 1.29 is 0 Å². The largest absolute Gasteiger partial charge is 0.399 e. The molecule has 0 radical (unpaired) electrons. The highest BCUT2D eigenvalue weighted by atomic mass is 14.9. The van der Waals surface area contributed by atoms with Gasteiger partial charge in [-0.1, -0.05) is 123 Å². The van der Waals surface area contributed by atoms with Crippen LogP contribution in [0.1, 0.15) is 110 Å². The van der Waals surface area contributed by atoms with Gasteiger partial charge in [0.05, 0.1) is 0 Å². The fraction of sp³-hybridized carbons (Fsp3) is 0.455. The molecule has 4 atom stereocenters. The Morgan fingerprint density at radius 2 is 1.74 bits per heavy atom. The van der Waals surface area contributed by atoms with Gasteiger partial charge in [0.25, 0.3) is 0 Å². The van der Waals surface area contributed by atoms with Crippen molar-refractivity contribution in [2.45, 2.75) is 107 Å². The number of nitrogens with one attached hydrogen (secondary N) is 1. The van der Waals surface area contributed by atoms with E-state index in [9.17, 15) is 0 Å². The van der Waals surface area contributed by atoms with Crippen LogP contribution < -0.4 is 11.1 Å². The van der Waals surface area contributed by atoms with Crippen LogP contribution in [0.2, 0.25) is 0 Å². The number of allylic oxidation sites excluding steroid dienone is 9. The summed E-state index contributed by atoms with van der Waals surface area (Å²) in [5, 5.41) is 3.67. The lowest BCUT2D eigenvalue weighted by Crippen LogP contribution is -2.56. The van der Waals surface area contributed by atoms with Gasteiger partial charge in [0.1, 0.15) is 0 Å². The van der Waals surface area contributed by atoms with Gasteiger partial charge in [-0.15, -0.1) is 0 Å². The van der Waals surface area contributed by atoms with Crippen LogP contribution in [-0.2, 0) is 18.4 Å². The maximum absolute atomic E-state index is 6.51. The molecule has 1 aromatic carbocycles. The van der Waals surface area contributed by atoms with E-state index >= 15 is 0 Å². The molecule has 0 fully saturated rings. The molecule has 246 valence electrons. The van der Waals surface area contributed by atoms with Crippen molar-refractivity contribution in [1.29, 1.82) is 0 Å². The minimum absolute atomic E-state index is 0.0186. The zero-order valence-corrected chi connectivity index (χ0v) is 30.9. The Labute approximate surface area is 281 Å². The lowest BCUT2D eigenvalue weighted by molar-refractivity contribution is 0.00570. The van der Waals surface area contributed by atoms with Gasteiger partial charge in [-0.05, 0) is 125 Å². The summed E-state index contributed by atoms with van der Waals surface area (Å²) in [6.07, 6.45) is 11.0. The fourth-order valence-corrected chi connectivity index (χ4v) is 10.1. The summed E-state index contributed by atoms with van der Waals surface area (Å²) in [4.78, 5) is 0. The van der Waals surface area contributed by atoms with E-state index in [1.54, 1.807) is 0 Å². The number of benzene rings is 1. The van der Waals surface area contributed by atoms with Crippen molar-refractivity contribution in [3.8, 4) is 0 Å². The molecule has 0 saturated heterocycles. The van der Waals surface area contributed by atoms with Crippen LogP contribution in [-0.4, -0.2) is 0 Å². The maximum atomic E-state index is 6.51. The van der Waals surface area contributed by atoms with E-state index in [1.165, 1.54) is 50.1 Å². The SMILES string of the molecule is C=C/C(=C\C=C/C)C(=C)NCc1cc(C(C)(C)C)c(C)c2c1C[C@@]1(C)C[C@@]3(C)[C@H](CC)C(C)=C(C(=C)N)C(=C)[C@@]3(C)C(C)=C1C2=C. The molecule has 46 heavy (non-hydrogen) atoms. The van der Waals surface area contributed by atoms with Crippen LogP contribution in [0.5, 0.6) is 0 Å². The van der Waals surface area contributed by atoms with Crippen LogP contribution in [0.15, 0.2) is 108 Å². The second kappa shape index (κ2) is 11.9. The summed E-state index contributed by atoms with van der Waals surface area (Å²) >= 11 is 0. The van der Waals surface area contributed by atoms with Crippen LogP contribution in [0.4, 0.5) is 0 Å². The molecule has 0 aromatic heterocycles. The maximum Gasteiger partial charge on any atom is 0.0403 e. The zero-order valence-electron chi connectivity index (χ0n) is 30.9. The fourth-order valence-electron chi connectivity index (χ4n) is 10.1. The van der Waals surface area contributed by atoms with Crippen LogP contribution in [0, 0.1) is 29.1 Å². The smallest absolute Gasteiger partial charge is 0.0403 e. The molecular formula is C44H60N2. The molecule has 4 rings (SSSR count). The van der Waals surface area contributed by atoms with Crippen molar-refractivity contribution in [2.75, 3.05) is 0 Å². The Morgan fingerprint density at radius 1 is 1.11 bits per heavy atom. The lowest BCUT2D eigenvalue weighted by Gasteiger charge is -2.64. The molecule has 2 nitrogen and oxygen atoms in total. The van der Waals surface area contributed by atoms with Crippen molar-refractivity contribution in [1.82, 2.24) is 5.32 Å². The van der Waals surface area contributed by atoms with Gasteiger partial charge < -0.3 is 11.1 Å². The zero-order chi connectivity index (χ0) is 34.7. The first kappa shape index (κ1) is 35.3. The van der Waals surface area contributed by atoms with E-state index in [0.29, 0.717) is 18.2 Å². The Balaban J connectivity index is 1.98. The molecular weight excluding hydrogens is 556 g/mol. The Morgan fingerprint density at radius 3 is 2.26 bits per heavy atom. The number of fused-ring (bicyclic) bond motifs is 3. The lowest BCUT2D eigenvalue weighted by atomic mass is 9.39. The molecule has 0 heterocycles. The summed E-state index contributed by atoms with van der Waals surface area (Å²) in [5.41, 5.74) is 22.9. The average Bonchev–Trinajstić information content (AvgIpc) is 2.94. The highest BCUT2D eigenvalue weighted by Crippen LogP contribution is 2.72. The molecule has 0 spiro atoms. The van der Waals surface area contributed by atoms with Crippen molar-refractivity contribution in [3.63, 3.8) is 0 Å². The second-order valence-corrected chi connectivity index (χ2v) is 16.0. The Bertz CT molecular complexity index is 1670. The summed E-state index contributed by atoms with van der Waals surface area (Å²) in [5.74, 6) is 0.372. The van der Waals surface area contributed by atoms with Crippen molar-refractivity contribution in [2.24, 2.45) is 27.9 Å². The monoisotopic (exact) mass is 616 g/mol. The molecule has 3 aliphatic carbocycles. The van der Waals surface area contributed by atoms with Crippen molar-refractivity contribution >= 4 is 5.57 Å². The third kappa shape index (κ3) is 5.08. The van der Waals surface area contributed by atoms with Gasteiger partial charge in [0.15, 0.2) is 0 Å². The van der Waals surface area contributed by atoms with Crippen LogP contribution in [0.25, 0.3) is 5.57 Å². The standard InChI is InChI=1S/C44H60N2/c1-17-20-21-33(18-2)32(10)46-24-34-22-37(41(11,12)13)27(5)38-28(6)40-30(8)44(16)29(7)39(31(9)45)26(4)36(19-3)43(44,15)25-42(40,14)23-35(34)38/h17-18,20-22,36,46H,2,6-7,9-10,19,23-25,45H2,1,3-5,8,11-16H3/b20-17-,33-21+/t36-,42+,43+,44+/m1/s1. The topological polar surface area (TPSA) is 38.0 Å². The van der Waals surface area contributed by atoms with E-state index in [0.717, 1.165) is 41.7 Å². The molecule has 0 aliphatic heterocycles. The van der Waals surface area contributed by atoms with Gasteiger partial charge in [0, 0.05) is 23.4 Å². The third-order valence-electron chi connectivity index (χ3n) is 12.2. The number of nitrogens with two attached hydrogens (primary N) is 1. The molecule has 0 unspecified atom stereocenters. The molecule has 3 aliphatic rings.